The van der Waals surface area contributed by atoms with Crippen molar-refractivity contribution in [3.05, 3.63) is 41.1 Å². The second kappa shape index (κ2) is 5.87. The highest BCUT2D eigenvalue weighted by Crippen LogP contribution is 2.24. The molecule has 0 atom stereocenters. The normalized spacial score (nSPS) is 10.5. The molecular weight excluding hydrogens is 270 g/mol. The third-order valence-corrected chi connectivity index (χ3v) is 3.35. The van der Waals surface area contributed by atoms with Gasteiger partial charge in [0.15, 0.2) is 0 Å². The van der Waals surface area contributed by atoms with E-state index in [4.69, 9.17) is 4.74 Å². The Morgan fingerprint density at radius 3 is 2.52 bits per heavy atom. The number of carboxylic acids is 1. The first-order valence-corrected chi connectivity index (χ1v) is 6.55. The minimum atomic E-state index is -0.961. The third-order valence-electron chi connectivity index (χ3n) is 3.35. The van der Waals surface area contributed by atoms with E-state index in [-0.39, 0.29) is 5.56 Å². The molecule has 0 spiro atoms. The number of benzene rings is 1. The Labute approximate surface area is 123 Å². The van der Waals surface area contributed by atoms with E-state index in [9.17, 15) is 9.90 Å². The van der Waals surface area contributed by atoms with E-state index in [1.807, 2.05) is 36.2 Å². The maximum absolute atomic E-state index is 11.4. The first kappa shape index (κ1) is 14.9. The highest BCUT2D eigenvalue weighted by molar-refractivity contribution is 5.94. The highest BCUT2D eigenvalue weighted by Gasteiger charge is 2.22. The molecule has 2 aromatic rings. The first-order chi connectivity index (χ1) is 9.93. The van der Waals surface area contributed by atoms with Crippen molar-refractivity contribution in [1.29, 1.82) is 0 Å². The van der Waals surface area contributed by atoms with Crippen molar-refractivity contribution in [2.24, 2.45) is 7.05 Å². The zero-order chi connectivity index (χ0) is 15.6. The molecule has 6 nitrogen and oxygen atoms in total. The summed E-state index contributed by atoms with van der Waals surface area (Å²) in [6.45, 7) is 2.29. The molecule has 6 heteroatoms. The Bertz CT molecular complexity index is 647. The van der Waals surface area contributed by atoms with Crippen LogP contribution in [0.5, 0.6) is 5.75 Å². The lowest BCUT2D eigenvalue weighted by Gasteiger charge is -2.20. The van der Waals surface area contributed by atoms with Crippen LogP contribution in [0.15, 0.2) is 24.3 Å². The summed E-state index contributed by atoms with van der Waals surface area (Å²) >= 11 is 0. The lowest BCUT2D eigenvalue weighted by atomic mass is 10.2. The van der Waals surface area contributed by atoms with E-state index in [1.165, 1.54) is 0 Å². The quantitative estimate of drug-likeness (QED) is 0.912. The fraction of sp³-hybridized carbons (Fsp3) is 0.333. The van der Waals surface area contributed by atoms with E-state index >= 15 is 0 Å². The van der Waals surface area contributed by atoms with E-state index in [0.29, 0.717) is 18.1 Å². The summed E-state index contributed by atoms with van der Waals surface area (Å²) in [5.74, 6) is 0.428. The van der Waals surface area contributed by atoms with Gasteiger partial charge in [-0.2, -0.15) is 5.10 Å². The van der Waals surface area contributed by atoms with Crippen molar-refractivity contribution in [2.75, 3.05) is 19.1 Å². The molecule has 0 saturated carbocycles. The van der Waals surface area contributed by atoms with Crippen molar-refractivity contribution < 1.29 is 14.6 Å². The third kappa shape index (κ3) is 2.99. The van der Waals surface area contributed by atoms with Gasteiger partial charge in [0.1, 0.15) is 17.1 Å². The molecule has 0 amide bonds. The van der Waals surface area contributed by atoms with Gasteiger partial charge in [-0.05, 0) is 24.6 Å². The molecule has 1 N–H and O–H groups in total. The van der Waals surface area contributed by atoms with Crippen molar-refractivity contribution in [3.8, 4) is 5.75 Å². The second-order valence-corrected chi connectivity index (χ2v) is 4.92. The van der Waals surface area contributed by atoms with Gasteiger partial charge in [0, 0.05) is 20.6 Å². The predicted molar refractivity (Wildman–Crippen MR) is 80.0 cm³/mol. The van der Waals surface area contributed by atoms with Crippen LogP contribution in [0.25, 0.3) is 0 Å². The van der Waals surface area contributed by atoms with Gasteiger partial charge in [-0.1, -0.05) is 12.1 Å². The van der Waals surface area contributed by atoms with Gasteiger partial charge in [0.2, 0.25) is 0 Å². The number of rotatable bonds is 5. The van der Waals surface area contributed by atoms with E-state index in [0.717, 1.165) is 11.3 Å². The standard InChI is InChI=1S/C15H19N3O3/c1-10-13(15(19)20)14(18(3)16-10)17(2)9-11-5-7-12(21-4)8-6-11/h5-8H,9H2,1-4H3,(H,19,20). The molecule has 2 rings (SSSR count). The van der Waals surface area contributed by atoms with Crippen LogP contribution < -0.4 is 9.64 Å². The zero-order valence-corrected chi connectivity index (χ0v) is 12.6. The van der Waals surface area contributed by atoms with Crippen LogP contribution in [0.2, 0.25) is 0 Å². The average Bonchev–Trinajstić information content (AvgIpc) is 2.74. The number of carbonyl (C=O) groups is 1. The Hall–Kier alpha value is -2.50. The number of carboxylic acid groups (broad SMARTS) is 1. The SMILES string of the molecule is COc1ccc(CN(C)c2c(C(=O)O)c(C)nn2C)cc1. The maximum atomic E-state index is 11.4. The maximum Gasteiger partial charge on any atom is 0.341 e. The van der Waals surface area contributed by atoms with Crippen LogP contribution >= 0.6 is 0 Å². The Morgan fingerprint density at radius 1 is 1.38 bits per heavy atom. The Morgan fingerprint density at radius 2 is 2.00 bits per heavy atom. The molecule has 1 aromatic carbocycles. The first-order valence-electron chi connectivity index (χ1n) is 6.55. The largest absolute Gasteiger partial charge is 0.497 e. The van der Waals surface area contributed by atoms with Gasteiger partial charge in [0.05, 0.1) is 12.8 Å². The number of methoxy groups -OCH3 is 1. The number of anilines is 1. The summed E-state index contributed by atoms with van der Waals surface area (Å²) in [5, 5.41) is 13.5. The molecule has 21 heavy (non-hydrogen) atoms. The van der Waals surface area contributed by atoms with Gasteiger partial charge in [-0.25, -0.2) is 4.79 Å². The fourth-order valence-corrected chi connectivity index (χ4v) is 2.41. The van der Waals surface area contributed by atoms with Gasteiger partial charge in [-0.15, -0.1) is 0 Å². The molecule has 0 aliphatic heterocycles. The van der Waals surface area contributed by atoms with Crippen LogP contribution in [0.1, 0.15) is 21.6 Å². The number of hydrogen-bond donors (Lipinski definition) is 1. The topological polar surface area (TPSA) is 67.6 Å². The molecule has 0 aliphatic carbocycles. The molecule has 0 radical (unpaired) electrons. The average molecular weight is 289 g/mol. The predicted octanol–water partition coefficient (Wildman–Crippen LogP) is 2.07. The van der Waals surface area contributed by atoms with Crippen molar-refractivity contribution >= 4 is 11.8 Å². The second-order valence-electron chi connectivity index (χ2n) is 4.92. The summed E-state index contributed by atoms with van der Waals surface area (Å²) in [6.07, 6.45) is 0. The van der Waals surface area contributed by atoms with Crippen LogP contribution in [0.3, 0.4) is 0 Å². The van der Waals surface area contributed by atoms with Crippen LogP contribution in [0, 0.1) is 6.92 Å². The lowest BCUT2D eigenvalue weighted by molar-refractivity contribution is 0.0696. The van der Waals surface area contributed by atoms with Crippen LogP contribution in [-0.4, -0.2) is 35.0 Å². The summed E-state index contributed by atoms with van der Waals surface area (Å²) in [6, 6.07) is 7.68. The number of aromatic carboxylic acids is 1. The van der Waals surface area contributed by atoms with E-state index in [2.05, 4.69) is 5.10 Å². The number of ether oxygens (including phenoxy) is 1. The van der Waals surface area contributed by atoms with E-state index < -0.39 is 5.97 Å². The molecular formula is C15H19N3O3. The Balaban J connectivity index is 2.27. The Kier molecular flexibility index (Phi) is 4.16. The smallest absolute Gasteiger partial charge is 0.341 e. The molecule has 0 aliphatic rings. The number of aromatic nitrogens is 2. The molecule has 0 fully saturated rings. The number of aryl methyl sites for hydroxylation is 2. The molecule has 0 unspecified atom stereocenters. The van der Waals surface area contributed by atoms with Crippen molar-refractivity contribution in [1.82, 2.24) is 9.78 Å². The fourth-order valence-electron chi connectivity index (χ4n) is 2.41. The molecule has 112 valence electrons. The number of nitrogens with zero attached hydrogens (tertiary/aromatic N) is 3. The summed E-state index contributed by atoms with van der Waals surface area (Å²) in [7, 11) is 5.23. The lowest BCUT2D eigenvalue weighted by Crippen LogP contribution is -2.21. The number of hydrogen-bond acceptors (Lipinski definition) is 4. The molecule has 0 saturated heterocycles. The van der Waals surface area contributed by atoms with E-state index in [1.54, 1.807) is 25.8 Å². The van der Waals surface area contributed by atoms with Gasteiger partial charge >= 0.3 is 5.97 Å². The van der Waals surface area contributed by atoms with Crippen LogP contribution in [-0.2, 0) is 13.6 Å². The molecule has 1 aromatic heterocycles. The van der Waals surface area contributed by atoms with Gasteiger partial charge < -0.3 is 14.7 Å². The summed E-state index contributed by atoms with van der Waals surface area (Å²) < 4.78 is 6.73. The molecule has 1 heterocycles. The molecule has 0 bridgehead atoms. The van der Waals surface area contributed by atoms with Crippen molar-refractivity contribution in [3.63, 3.8) is 0 Å². The van der Waals surface area contributed by atoms with Gasteiger partial charge in [0.25, 0.3) is 0 Å². The van der Waals surface area contributed by atoms with Gasteiger partial charge in [-0.3, -0.25) is 4.68 Å². The minimum Gasteiger partial charge on any atom is -0.497 e. The summed E-state index contributed by atoms with van der Waals surface area (Å²) in [4.78, 5) is 13.3. The van der Waals surface area contributed by atoms with Crippen LogP contribution in [0.4, 0.5) is 5.82 Å². The monoisotopic (exact) mass is 289 g/mol. The highest BCUT2D eigenvalue weighted by atomic mass is 16.5. The van der Waals surface area contributed by atoms with Crippen molar-refractivity contribution in [2.45, 2.75) is 13.5 Å². The zero-order valence-electron chi connectivity index (χ0n) is 12.6. The summed E-state index contributed by atoms with van der Waals surface area (Å²) in [5.41, 5.74) is 1.82. The minimum absolute atomic E-state index is 0.244.